The molecule has 0 atom stereocenters. The number of rotatable bonds is 6. The summed E-state index contributed by atoms with van der Waals surface area (Å²) in [6.07, 6.45) is 0. The van der Waals surface area contributed by atoms with Gasteiger partial charge in [-0.25, -0.2) is 0 Å². The van der Waals surface area contributed by atoms with E-state index in [1.807, 2.05) is 36.4 Å². The van der Waals surface area contributed by atoms with E-state index in [0.717, 1.165) is 27.7 Å². The second kappa shape index (κ2) is 8.89. The van der Waals surface area contributed by atoms with Crippen LogP contribution in [0.15, 0.2) is 53.6 Å². The molecule has 0 fully saturated rings. The van der Waals surface area contributed by atoms with Gasteiger partial charge in [0, 0.05) is 11.3 Å². The van der Waals surface area contributed by atoms with Gasteiger partial charge in [-0.2, -0.15) is 0 Å². The molecule has 3 rings (SSSR count). The maximum atomic E-state index is 12.1. The van der Waals surface area contributed by atoms with Crippen molar-refractivity contribution in [2.75, 3.05) is 18.2 Å². The molecule has 0 bridgehead atoms. The Kier molecular flexibility index (Phi) is 6.31. The number of amides is 1. The zero-order chi connectivity index (χ0) is 20.1. The minimum absolute atomic E-state index is 0.0916. The van der Waals surface area contributed by atoms with E-state index in [4.69, 9.17) is 4.74 Å². The Labute approximate surface area is 169 Å². The number of nitrogens with one attached hydrogen (secondary N) is 1. The first-order valence-corrected chi connectivity index (χ1v) is 9.93. The van der Waals surface area contributed by atoms with Crippen molar-refractivity contribution in [2.24, 2.45) is 0 Å². The van der Waals surface area contributed by atoms with E-state index in [2.05, 4.69) is 48.4 Å². The molecule has 28 heavy (non-hydrogen) atoms. The Hall–Kier alpha value is -2.86. The van der Waals surface area contributed by atoms with E-state index in [1.165, 1.54) is 28.5 Å². The quantitative estimate of drug-likeness (QED) is 0.609. The third-order valence-electron chi connectivity index (χ3n) is 4.48. The van der Waals surface area contributed by atoms with Crippen LogP contribution in [0.3, 0.4) is 0 Å². The summed E-state index contributed by atoms with van der Waals surface area (Å²) < 4.78 is 5.11. The van der Waals surface area contributed by atoms with Crippen LogP contribution >= 0.6 is 11.8 Å². The van der Waals surface area contributed by atoms with Gasteiger partial charge >= 0.3 is 0 Å². The molecule has 144 valence electrons. The van der Waals surface area contributed by atoms with Gasteiger partial charge < -0.3 is 10.1 Å². The molecule has 1 N–H and O–H groups in total. The topological polar surface area (TPSA) is 64.1 Å². The molecule has 0 aliphatic heterocycles. The lowest BCUT2D eigenvalue weighted by Crippen LogP contribution is -2.14. The molecular formula is C22H23N3O2S. The van der Waals surface area contributed by atoms with Crippen molar-refractivity contribution in [1.29, 1.82) is 0 Å². The standard InChI is InChI=1S/C22H23N3O2S/c1-14-11-16(3)19(12-15(14)2)20-9-10-22(25-24-20)28-13-21(26)23-17-5-7-18(27-4)8-6-17/h5-12H,13H2,1-4H3,(H,23,26). The van der Waals surface area contributed by atoms with Crippen LogP contribution in [-0.4, -0.2) is 29.0 Å². The fraction of sp³-hybridized carbons (Fsp3) is 0.227. The highest BCUT2D eigenvalue weighted by atomic mass is 32.2. The van der Waals surface area contributed by atoms with E-state index in [1.54, 1.807) is 7.11 Å². The lowest BCUT2D eigenvalue weighted by atomic mass is 9.99. The Balaban J connectivity index is 1.59. The third-order valence-corrected chi connectivity index (χ3v) is 5.40. The number of ether oxygens (including phenoxy) is 1. The summed E-state index contributed by atoms with van der Waals surface area (Å²) in [5.41, 5.74) is 6.34. The second-order valence-electron chi connectivity index (χ2n) is 6.57. The van der Waals surface area contributed by atoms with Gasteiger partial charge in [-0.15, -0.1) is 10.2 Å². The summed E-state index contributed by atoms with van der Waals surface area (Å²) in [6.45, 7) is 6.28. The van der Waals surface area contributed by atoms with Crippen molar-refractivity contribution in [3.63, 3.8) is 0 Å². The Morgan fingerprint density at radius 2 is 1.68 bits per heavy atom. The highest BCUT2D eigenvalue weighted by molar-refractivity contribution is 7.99. The zero-order valence-electron chi connectivity index (χ0n) is 16.4. The summed E-state index contributed by atoms with van der Waals surface area (Å²) in [4.78, 5) is 12.1. The van der Waals surface area contributed by atoms with Gasteiger partial charge in [-0.1, -0.05) is 17.8 Å². The number of carbonyl (C=O) groups is 1. The Morgan fingerprint density at radius 3 is 2.32 bits per heavy atom. The number of nitrogens with zero attached hydrogens (tertiary/aromatic N) is 2. The minimum Gasteiger partial charge on any atom is -0.497 e. The normalized spacial score (nSPS) is 10.6. The molecule has 6 heteroatoms. The maximum Gasteiger partial charge on any atom is 0.234 e. The van der Waals surface area contributed by atoms with E-state index in [9.17, 15) is 4.79 Å². The van der Waals surface area contributed by atoms with Crippen LogP contribution in [0, 0.1) is 20.8 Å². The lowest BCUT2D eigenvalue weighted by Gasteiger charge is -2.09. The second-order valence-corrected chi connectivity index (χ2v) is 7.57. The van der Waals surface area contributed by atoms with E-state index < -0.39 is 0 Å². The van der Waals surface area contributed by atoms with Gasteiger partial charge in [0.1, 0.15) is 10.8 Å². The predicted octanol–water partition coefficient (Wildman–Crippen LogP) is 4.81. The van der Waals surface area contributed by atoms with Crippen LogP contribution in [0.25, 0.3) is 11.3 Å². The number of methoxy groups -OCH3 is 1. The van der Waals surface area contributed by atoms with Gasteiger partial charge in [-0.3, -0.25) is 4.79 Å². The number of hydrogen-bond acceptors (Lipinski definition) is 5. The van der Waals surface area contributed by atoms with Crippen molar-refractivity contribution in [3.05, 3.63) is 65.2 Å². The SMILES string of the molecule is COc1ccc(NC(=O)CSc2ccc(-c3cc(C)c(C)cc3C)nn2)cc1. The third kappa shape index (κ3) is 4.89. The average Bonchev–Trinajstić information content (AvgIpc) is 2.70. The minimum atomic E-state index is -0.0916. The first-order chi connectivity index (χ1) is 13.5. The Bertz CT molecular complexity index is 970. The van der Waals surface area contributed by atoms with Crippen molar-refractivity contribution >= 4 is 23.4 Å². The molecule has 1 amide bonds. The van der Waals surface area contributed by atoms with Crippen LogP contribution in [0.5, 0.6) is 5.75 Å². The highest BCUT2D eigenvalue weighted by Crippen LogP contribution is 2.26. The summed E-state index contributed by atoms with van der Waals surface area (Å²) in [6, 6.07) is 15.4. The van der Waals surface area contributed by atoms with Crippen molar-refractivity contribution < 1.29 is 9.53 Å². The molecule has 0 spiro atoms. The number of aromatic nitrogens is 2. The molecule has 5 nitrogen and oxygen atoms in total. The molecule has 0 aliphatic carbocycles. The molecule has 0 saturated heterocycles. The molecule has 0 unspecified atom stereocenters. The van der Waals surface area contributed by atoms with E-state index in [0.29, 0.717) is 0 Å². The lowest BCUT2D eigenvalue weighted by molar-refractivity contribution is -0.113. The van der Waals surface area contributed by atoms with Crippen LogP contribution in [0.4, 0.5) is 5.69 Å². The highest BCUT2D eigenvalue weighted by Gasteiger charge is 2.09. The van der Waals surface area contributed by atoms with Gasteiger partial charge in [0.25, 0.3) is 0 Å². The van der Waals surface area contributed by atoms with E-state index in [-0.39, 0.29) is 11.7 Å². The van der Waals surface area contributed by atoms with Gasteiger partial charge in [0.15, 0.2) is 0 Å². The maximum absolute atomic E-state index is 12.1. The smallest absolute Gasteiger partial charge is 0.234 e. The van der Waals surface area contributed by atoms with Gasteiger partial charge in [-0.05, 0) is 79.9 Å². The van der Waals surface area contributed by atoms with Gasteiger partial charge in [0.2, 0.25) is 5.91 Å². The number of hydrogen-bond donors (Lipinski definition) is 1. The predicted molar refractivity (Wildman–Crippen MR) is 114 cm³/mol. The van der Waals surface area contributed by atoms with Gasteiger partial charge in [0.05, 0.1) is 18.6 Å². The van der Waals surface area contributed by atoms with Crippen LogP contribution in [0.2, 0.25) is 0 Å². The van der Waals surface area contributed by atoms with Crippen molar-refractivity contribution in [3.8, 4) is 17.0 Å². The molecule has 0 saturated carbocycles. The van der Waals surface area contributed by atoms with Crippen molar-refractivity contribution in [2.45, 2.75) is 25.8 Å². The van der Waals surface area contributed by atoms with Crippen molar-refractivity contribution in [1.82, 2.24) is 10.2 Å². The largest absolute Gasteiger partial charge is 0.497 e. The summed E-state index contributed by atoms with van der Waals surface area (Å²) in [5.74, 6) is 0.927. The monoisotopic (exact) mass is 393 g/mol. The number of aryl methyl sites for hydroxylation is 3. The number of benzene rings is 2. The fourth-order valence-corrected chi connectivity index (χ4v) is 3.40. The number of carbonyl (C=O) groups excluding carboxylic acids is 1. The molecule has 0 aliphatic rings. The summed E-state index contributed by atoms with van der Waals surface area (Å²) >= 11 is 1.36. The number of anilines is 1. The molecule has 2 aromatic carbocycles. The van der Waals surface area contributed by atoms with Crippen LogP contribution in [0.1, 0.15) is 16.7 Å². The molecule has 1 heterocycles. The van der Waals surface area contributed by atoms with Crippen LogP contribution < -0.4 is 10.1 Å². The molecule has 1 aromatic heterocycles. The first-order valence-electron chi connectivity index (χ1n) is 8.95. The average molecular weight is 394 g/mol. The molecular weight excluding hydrogens is 370 g/mol. The summed E-state index contributed by atoms with van der Waals surface area (Å²) in [5, 5.41) is 12.2. The fourth-order valence-electron chi connectivity index (χ4n) is 2.79. The number of thioether (sulfide) groups is 1. The Morgan fingerprint density at radius 1 is 0.964 bits per heavy atom. The summed E-state index contributed by atoms with van der Waals surface area (Å²) in [7, 11) is 1.61. The zero-order valence-corrected chi connectivity index (χ0v) is 17.3. The first kappa shape index (κ1) is 19.9. The van der Waals surface area contributed by atoms with Crippen LogP contribution in [-0.2, 0) is 4.79 Å². The van der Waals surface area contributed by atoms with E-state index >= 15 is 0 Å². The molecule has 3 aromatic rings. The molecule has 0 radical (unpaired) electrons.